The van der Waals surface area contributed by atoms with E-state index in [1.165, 1.54) is 18.2 Å². The van der Waals surface area contributed by atoms with E-state index in [0.29, 0.717) is 12.2 Å². The van der Waals surface area contributed by atoms with Gasteiger partial charge in [-0.25, -0.2) is 9.59 Å². The molecule has 2 amide bonds. The van der Waals surface area contributed by atoms with Crippen LogP contribution in [0.1, 0.15) is 31.1 Å². The number of anilines is 1. The molecule has 0 atom stereocenters. The minimum atomic E-state index is -1.10. The van der Waals surface area contributed by atoms with Crippen LogP contribution in [0.4, 0.5) is 10.5 Å². The van der Waals surface area contributed by atoms with Gasteiger partial charge in [0.25, 0.3) is 0 Å². The fourth-order valence-corrected chi connectivity index (χ4v) is 1.97. The van der Waals surface area contributed by atoms with Crippen LogP contribution in [-0.4, -0.2) is 34.6 Å². The van der Waals surface area contributed by atoms with Gasteiger partial charge in [0.15, 0.2) is 0 Å². The van der Waals surface area contributed by atoms with Crippen LogP contribution in [0.3, 0.4) is 0 Å². The molecule has 0 saturated carbocycles. The molecule has 0 aromatic heterocycles. The smallest absolute Gasteiger partial charge is 0.337 e. The maximum Gasteiger partial charge on any atom is 0.337 e. The standard InChI is InChI=1S/C13H17ClN2O3/c1-4-16(8(2)3)13(19)15-9-5-6-10(12(17)18)11(14)7-9/h5-8H,4H2,1-3H3,(H,15,19)(H,17,18). The third kappa shape index (κ3) is 3.86. The largest absolute Gasteiger partial charge is 0.478 e. The van der Waals surface area contributed by atoms with Crippen LogP contribution in [0.15, 0.2) is 18.2 Å². The number of aromatic carboxylic acids is 1. The van der Waals surface area contributed by atoms with Gasteiger partial charge in [-0.1, -0.05) is 11.6 Å². The van der Waals surface area contributed by atoms with Crippen molar-refractivity contribution in [1.29, 1.82) is 0 Å². The Labute approximate surface area is 117 Å². The number of carbonyl (C=O) groups excluding carboxylic acids is 1. The maximum atomic E-state index is 12.0. The van der Waals surface area contributed by atoms with Crippen molar-refractivity contribution in [2.75, 3.05) is 11.9 Å². The summed E-state index contributed by atoms with van der Waals surface area (Å²) < 4.78 is 0. The second-order valence-electron chi connectivity index (χ2n) is 4.31. The predicted octanol–water partition coefficient (Wildman–Crippen LogP) is 3.30. The van der Waals surface area contributed by atoms with Gasteiger partial charge in [0.05, 0.1) is 10.6 Å². The summed E-state index contributed by atoms with van der Waals surface area (Å²) in [6, 6.07) is 4.15. The van der Waals surface area contributed by atoms with Crippen LogP contribution in [0.2, 0.25) is 5.02 Å². The molecule has 0 unspecified atom stereocenters. The van der Waals surface area contributed by atoms with Crippen molar-refractivity contribution in [3.8, 4) is 0 Å². The highest BCUT2D eigenvalue weighted by Gasteiger charge is 2.16. The number of carboxylic acid groups (broad SMARTS) is 1. The third-order valence-electron chi connectivity index (χ3n) is 2.68. The second kappa shape index (κ2) is 6.43. The van der Waals surface area contributed by atoms with E-state index in [0.717, 1.165) is 0 Å². The summed E-state index contributed by atoms with van der Waals surface area (Å²) in [4.78, 5) is 24.4. The molecule has 1 aromatic rings. The monoisotopic (exact) mass is 284 g/mol. The van der Waals surface area contributed by atoms with E-state index in [1.54, 1.807) is 4.90 Å². The SMILES string of the molecule is CCN(C(=O)Nc1ccc(C(=O)O)c(Cl)c1)C(C)C. The fourth-order valence-electron chi connectivity index (χ4n) is 1.70. The first-order valence-electron chi connectivity index (χ1n) is 5.97. The Kier molecular flexibility index (Phi) is 5.18. The molecule has 1 aromatic carbocycles. The summed E-state index contributed by atoms with van der Waals surface area (Å²) in [7, 11) is 0. The quantitative estimate of drug-likeness (QED) is 0.891. The van der Waals surface area contributed by atoms with Gasteiger partial charge in [-0.15, -0.1) is 0 Å². The average Bonchev–Trinajstić information content (AvgIpc) is 2.28. The van der Waals surface area contributed by atoms with Crippen molar-refractivity contribution in [3.05, 3.63) is 28.8 Å². The first-order valence-corrected chi connectivity index (χ1v) is 6.35. The van der Waals surface area contributed by atoms with Gasteiger partial charge in [-0.05, 0) is 39.0 Å². The van der Waals surface area contributed by atoms with Gasteiger partial charge in [0.1, 0.15) is 0 Å². The fraction of sp³-hybridized carbons (Fsp3) is 0.385. The lowest BCUT2D eigenvalue weighted by Gasteiger charge is -2.25. The van der Waals surface area contributed by atoms with Crippen LogP contribution in [0.5, 0.6) is 0 Å². The van der Waals surface area contributed by atoms with Crippen molar-refractivity contribution in [1.82, 2.24) is 4.90 Å². The summed E-state index contributed by atoms with van der Waals surface area (Å²) in [6.07, 6.45) is 0. The molecule has 0 heterocycles. The van der Waals surface area contributed by atoms with Crippen molar-refractivity contribution >= 4 is 29.3 Å². The molecule has 0 saturated heterocycles. The van der Waals surface area contributed by atoms with E-state index in [2.05, 4.69) is 5.32 Å². The predicted molar refractivity (Wildman–Crippen MR) is 74.9 cm³/mol. The van der Waals surface area contributed by atoms with E-state index in [-0.39, 0.29) is 22.7 Å². The highest BCUT2D eigenvalue weighted by atomic mass is 35.5. The van der Waals surface area contributed by atoms with Gasteiger partial charge in [-0.2, -0.15) is 0 Å². The third-order valence-corrected chi connectivity index (χ3v) is 2.99. The molecule has 19 heavy (non-hydrogen) atoms. The van der Waals surface area contributed by atoms with Crippen LogP contribution in [-0.2, 0) is 0 Å². The topological polar surface area (TPSA) is 69.6 Å². The van der Waals surface area contributed by atoms with Gasteiger partial charge < -0.3 is 15.3 Å². The van der Waals surface area contributed by atoms with Crippen molar-refractivity contribution < 1.29 is 14.7 Å². The molecule has 5 nitrogen and oxygen atoms in total. The molecule has 6 heteroatoms. The zero-order chi connectivity index (χ0) is 14.6. The van der Waals surface area contributed by atoms with E-state index in [4.69, 9.17) is 16.7 Å². The summed E-state index contributed by atoms with van der Waals surface area (Å²) >= 11 is 5.84. The Morgan fingerprint density at radius 1 is 1.42 bits per heavy atom. The molecular weight excluding hydrogens is 268 g/mol. The molecule has 0 aliphatic heterocycles. The van der Waals surface area contributed by atoms with Gasteiger partial charge in [0, 0.05) is 18.3 Å². The molecule has 0 spiro atoms. The molecule has 104 valence electrons. The number of urea groups is 1. The molecule has 0 aliphatic rings. The second-order valence-corrected chi connectivity index (χ2v) is 4.72. The number of carboxylic acids is 1. The Hall–Kier alpha value is -1.75. The van der Waals surface area contributed by atoms with Gasteiger partial charge in [0.2, 0.25) is 0 Å². The molecule has 1 rings (SSSR count). The summed E-state index contributed by atoms with van der Waals surface area (Å²) in [5, 5.41) is 11.6. The normalized spacial score (nSPS) is 10.4. The number of nitrogens with zero attached hydrogens (tertiary/aromatic N) is 1. The lowest BCUT2D eigenvalue weighted by molar-refractivity contribution is 0.0697. The minimum Gasteiger partial charge on any atom is -0.478 e. The first-order chi connectivity index (χ1) is 8.86. The van der Waals surface area contributed by atoms with Crippen LogP contribution in [0.25, 0.3) is 0 Å². The Bertz CT molecular complexity index is 489. The summed E-state index contributed by atoms with van der Waals surface area (Å²) in [5.41, 5.74) is 0.481. The Morgan fingerprint density at radius 3 is 2.47 bits per heavy atom. The maximum absolute atomic E-state index is 12.0. The highest BCUT2D eigenvalue weighted by Crippen LogP contribution is 2.21. The van der Waals surface area contributed by atoms with Crippen LogP contribution >= 0.6 is 11.6 Å². The molecule has 2 N–H and O–H groups in total. The molecule has 0 bridgehead atoms. The lowest BCUT2D eigenvalue weighted by atomic mass is 10.2. The number of hydrogen-bond acceptors (Lipinski definition) is 2. The number of amides is 2. The zero-order valence-electron chi connectivity index (χ0n) is 11.1. The number of rotatable bonds is 4. The number of carbonyl (C=O) groups is 2. The van der Waals surface area contributed by atoms with Gasteiger partial charge >= 0.3 is 12.0 Å². The van der Waals surface area contributed by atoms with Crippen molar-refractivity contribution in [2.24, 2.45) is 0 Å². The van der Waals surface area contributed by atoms with Gasteiger partial charge in [-0.3, -0.25) is 0 Å². The lowest BCUT2D eigenvalue weighted by Crippen LogP contribution is -2.39. The van der Waals surface area contributed by atoms with Crippen molar-refractivity contribution in [2.45, 2.75) is 26.8 Å². The Balaban J connectivity index is 2.86. The highest BCUT2D eigenvalue weighted by molar-refractivity contribution is 6.33. The number of benzene rings is 1. The van der Waals surface area contributed by atoms with E-state index >= 15 is 0 Å². The van der Waals surface area contributed by atoms with Crippen LogP contribution in [0, 0.1) is 0 Å². The summed E-state index contributed by atoms with van der Waals surface area (Å²) in [6.45, 7) is 6.32. The molecular formula is C13H17ClN2O3. The zero-order valence-corrected chi connectivity index (χ0v) is 11.9. The van der Waals surface area contributed by atoms with E-state index < -0.39 is 5.97 Å². The molecule has 0 aliphatic carbocycles. The molecule has 0 radical (unpaired) electrons. The molecule has 0 fully saturated rings. The number of nitrogens with one attached hydrogen (secondary N) is 1. The van der Waals surface area contributed by atoms with E-state index in [9.17, 15) is 9.59 Å². The first kappa shape index (κ1) is 15.3. The average molecular weight is 285 g/mol. The van der Waals surface area contributed by atoms with Crippen molar-refractivity contribution in [3.63, 3.8) is 0 Å². The summed E-state index contributed by atoms with van der Waals surface area (Å²) in [5.74, 6) is -1.10. The number of hydrogen-bond donors (Lipinski definition) is 2. The number of halogens is 1. The van der Waals surface area contributed by atoms with E-state index in [1.807, 2.05) is 20.8 Å². The van der Waals surface area contributed by atoms with Crippen LogP contribution < -0.4 is 5.32 Å². The Morgan fingerprint density at radius 2 is 2.05 bits per heavy atom. The minimum absolute atomic E-state index is 0.0101.